The van der Waals surface area contributed by atoms with E-state index < -0.39 is 74.1 Å². The number of nitrogens with two attached hydrogens (primary N) is 2. The van der Waals surface area contributed by atoms with Gasteiger partial charge in [-0.15, -0.1) is 0 Å². The maximum Gasteiger partial charge on any atom is 0.333 e. The molecule has 1 aromatic rings. The van der Waals surface area contributed by atoms with E-state index in [2.05, 4.69) is 39.2 Å². The lowest BCUT2D eigenvalue weighted by Crippen LogP contribution is -2.59. The van der Waals surface area contributed by atoms with Crippen LogP contribution in [0.15, 0.2) is 26.9 Å². The molecule has 5 N–H and O–H groups in total. The standard InChI is InChI=1S/C37H66N6O10SSi2/c1-23(2)28(39)32(46)41-18-14-16-25(41)30(44)40-17-15-19-42-31(45)24(3)20-43(34(42)47)33-29(52-56(12,13)36(7,8)9)37(26(38)22-54(48,49)53-37)27(51-33)21-50-55(10,11)35(4,5)6/h20,22-23,25,27-29,33H,14-19,21,38-39H2,1-13H3,(H,40,44)/t25-,27?,28+,29?,33?,37?/m1/s1. The molecule has 2 amide bonds. The van der Waals surface area contributed by atoms with Crippen LogP contribution < -0.4 is 28.0 Å². The van der Waals surface area contributed by atoms with Crippen LogP contribution in [0.4, 0.5) is 0 Å². The van der Waals surface area contributed by atoms with E-state index in [0.29, 0.717) is 19.4 Å². The number of amides is 2. The van der Waals surface area contributed by atoms with Crippen LogP contribution in [-0.2, 0) is 44.0 Å². The van der Waals surface area contributed by atoms with Gasteiger partial charge in [0.2, 0.25) is 11.8 Å². The van der Waals surface area contributed by atoms with Crippen molar-refractivity contribution in [3.05, 3.63) is 43.7 Å². The summed E-state index contributed by atoms with van der Waals surface area (Å²) < 4.78 is 54.8. The number of carbonyl (C=O) groups excluding carboxylic acids is 2. The monoisotopic (exact) mass is 842 g/mol. The molecule has 16 nitrogen and oxygen atoms in total. The Balaban J connectivity index is 1.69. The van der Waals surface area contributed by atoms with Crippen molar-refractivity contribution in [1.29, 1.82) is 0 Å². The number of aryl methyl sites for hydroxylation is 1. The van der Waals surface area contributed by atoms with Crippen LogP contribution in [0, 0.1) is 12.8 Å². The van der Waals surface area contributed by atoms with Gasteiger partial charge in [-0.2, -0.15) is 8.42 Å². The van der Waals surface area contributed by atoms with Crippen LogP contribution in [0.3, 0.4) is 0 Å². The van der Waals surface area contributed by atoms with Crippen LogP contribution in [-0.4, -0.2) is 100 Å². The van der Waals surface area contributed by atoms with Crippen molar-refractivity contribution in [2.24, 2.45) is 17.4 Å². The van der Waals surface area contributed by atoms with Gasteiger partial charge < -0.3 is 35.3 Å². The second-order valence-corrected chi connectivity index (χ2v) is 29.8. The zero-order chi connectivity index (χ0) is 42.6. The van der Waals surface area contributed by atoms with Crippen LogP contribution in [0.25, 0.3) is 0 Å². The van der Waals surface area contributed by atoms with Gasteiger partial charge >= 0.3 is 5.69 Å². The van der Waals surface area contributed by atoms with Gasteiger partial charge in [-0.1, -0.05) is 55.4 Å². The van der Waals surface area contributed by atoms with E-state index in [9.17, 15) is 27.6 Å². The summed E-state index contributed by atoms with van der Waals surface area (Å²) in [6.45, 7) is 26.1. The van der Waals surface area contributed by atoms with Crippen molar-refractivity contribution < 1.29 is 35.8 Å². The molecule has 4 heterocycles. The number of rotatable bonds is 13. The minimum Gasteiger partial charge on any atom is -0.414 e. The predicted octanol–water partition coefficient (Wildman–Crippen LogP) is 3.01. The minimum absolute atomic E-state index is 0.0540. The van der Waals surface area contributed by atoms with Crippen LogP contribution >= 0.6 is 0 Å². The molecule has 2 fully saturated rings. The third-order valence-electron chi connectivity index (χ3n) is 12.4. The minimum atomic E-state index is -4.29. The van der Waals surface area contributed by atoms with Crippen molar-refractivity contribution in [2.45, 2.75) is 161 Å². The number of ether oxygens (including phenoxy) is 1. The van der Waals surface area contributed by atoms with E-state index in [0.717, 1.165) is 9.98 Å². The number of nitrogens with one attached hydrogen (secondary N) is 1. The molecule has 56 heavy (non-hydrogen) atoms. The van der Waals surface area contributed by atoms with Crippen molar-refractivity contribution in [1.82, 2.24) is 19.4 Å². The van der Waals surface area contributed by atoms with Crippen molar-refractivity contribution in [3.8, 4) is 0 Å². The maximum atomic E-state index is 14.4. The van der Waals surface area contributed by atoms with Gasteiger partial charge in [0.1, 0.15) is 18.2 Å². The van der Waals surface area contributed by atoms with E-state index in [4.69, 9.17) is 29.2 Å². The zero-order valence-electron chi connectivity index (χ0n) is 35.6. The molecule has 0 aliphatic carbocycles. The summed E-state index contributed by atoms with van der Waals surface area (Å²) in [7, 11) is -9.51. The number of hydrogen-bond acceptors (Lipinski definition) is 12. The quantitative estimate of drug-likeness (QED) is 0.149. The Kier molecular flexibility index (Phi) is 13.3. The first-order valence-corrected chi connectivity index (χ1v) is 26.8. The Morgan fingerprint density at radius 1 is 1.07 bits per heavy atom. The highest BCUT2D eigenvalue weighted by Crippen LogP contribution is 2.52. The van der Waals surface area contributed by atoms with E-state index in [1.807, 2.05) is 47.7 Å². The normalized spacial score (nSPS) is 26.3. The van der Waals surface area contributed by atoms with E-state index >= 15 is 0 Å². The summed E-state index contributed by atoms with van der Waals surface area (Å²) in [4.78, 5) is 55.6. The SMILES string of the molecule is Cc1cn(C2OC(CO[Si](C)(C)C(C)(C)C)C3(OS(=O)(=O)C=C3N)C2O[Si](C)(C)C(C)(C)C)c(=O)n(CCCNC(=O)[C@H]2CCCN2C(=O)[C@@H](N)C(C)C)c1=O. The third-order valence-corrected chi connectivity index (χ3v) is 22.4. The number of hydrogen-bond donors (Lipinski definition) is 3. The molecule has 0 bridgehead atoms. The molecular formula is C37H66N6O10SSi2. The van der Waals surface area contributed by atoms with Gasteiger partial charge in [-0.05, 0) is 68.4 Å². The van der Waals surface area contributed by atoms with E-state index in [-0.39, 0.29) is 65.2 Å². The van der Waals surface area contributed by atoms with E-state index in [1.165, 1.54) is 15.7 Å². The highest BCUT2D eigenvalue weighted by molar-refractivity contribution is 7.90. The number of aromatic nitrogens is 2. The van der Waals surface area contributed by atoms with Crippen molar-refractivity contribution >= 4 is 38.6 Å². The van der Waals surface area contributed by atoms with Gasteiger partial charge in [0.15, 0.2) is 28.5 Å². The summed E-state index contributed by atoms with van der Waals surface area (Å²) in [6.07, 6.45) is -0.846. The zero-order valence-corrected chi connectivity index (χ0v) is 38.4. The highest BCUT2D eigenvalue weighted by atomic mass is 32.2. The molecule has 4 rings (SSSR count). The summed E-state index contributed by atoms with van der Waals surface area (Å²) in [5, 5.41) is 3.17. The first-order chi connectivity index (χ1) is 25.5. The molecule has 0 saturated carbocycles. The van der Waals surface area contributed by atoms with Gasteiger partial charge in [0.25, 0.3) is 15.7 Å². The summed E-state index contributed by atoms with van der Waals surface area (Å²) >= 11 is 0. The molecule has 2 saturated heterocycles. The Morgan fingerprint density at radius 2 is 1.68 bits per heavy atom. The Labute approximate surface area is 334 Å². The average molecular weight is 843 g/mol. The fourth-order valence-corrected chi connectivity index (χ4v) is 10.2. The lowest BCUT2D eigenvalue weighted by Gasteiger charge is -2.43. The number of likely N-dealkylation sites (tertiary alicyclic amines) is 1. The first kappa shape index (κ1) is 46.0. The van der Waals surface area contributed by atoms with Gasteiger partial charge in [-0.25, -0.2) is 8.98 Å². The molecule has 19 heteroatoms. The molecule has 3 aliphatic heterocycles. The molecule has 318 valence electrons. The molecule has 1 aromatic heterocycles. The van der Waals surface area contributed by atoms with Gasteiger partial charge in [-0.3, -0.25) is 23.5 Å². The second-order valence-electron chi connectivity index (χ2n) is 18.9. The molecular weight excluding hydrogens is 777 g/mol. The Morgan fingerprint density at radius 3 is 2.21 bits per heavy atom. The first-order valence-electron chi connectivity index (χ1n) is 19.6. The van der Waals surface area contributed by atoms with Crippen molar-refractivity contribution in [2.75, 3.05) is 19.7 Å². The Hall–Kier alpha value is -2.66. The average Bonchev–Trinajstić information content (AvgIpc) is 3.73. The lowest BCUT2D eigenvalue weighted by molar-refractivity contribution is -0.140. The molecule has 3 aliphatic rings. The summed E-state index contributed by atoms with van der Waals surface area (Å²) in [5.41, 5.74) is 9.68. The van der Waals surface area contributed by atoms with Crippen LogP contribution in [0.2, 0.25) is 36.3 Å². The largest absolute Gasteiger partial charge is 0.414 e. The molecule has 1 spiro atoms. The lowest BCUT2D eigenvalue weighted by atomic mass is 9.89. The fraction of sp³-hybridized carbons (Fsp3) is 0.784. The van der Waals surface area contributed by atoms with Gasteiger partial charge in [0.05, 0.1) is 23.8 Å². The topological polar surface area (TPSA) is 217 Å². The molecule has 4 unspecified atom stereocenters. The number of carbonyl (C=O) groups is 2. The van der Waals surface area contributed by atoms with Crippen molar-refractivity contribution in [3.63, 3.8) is 0 Å². The van der Waals surface area contributed by atoms with Crippen LogP contribution in [0.1, 0.15) is 86.4 Å². The van der Waals surface area contributed by atoms with Gasteiger partial charge in [0, 0.05) is 31.4 Å². The number of nitrogens with zero attached hydrogens (tertiary/aromatic N) is 3. The third kappa shape index (κ3) is 8.99. The smallest absolute Gasteiger partial charge is 0.333 e. The second kappa shape index (κ2) is 16.2. The maximum absolute atomic E-state index is 14.4. The molecule has 0 radical (unpaired) electrons. The summed E-state index contributed by atoms with van der Waals surface area (Å²) in [6, 6.07) is -1.35. The molecule has 0 aromatic carbocycles. The Bertz CT molecular complexity index is 1920. The predicted molar refractivity (Wildman–Crippen MR) is 219 cm³/mol. The van der Waals surface area contributed by atoms with Crippen LogP contribution in [0.5, 0.6) is 0 Å². The van der Waals surface area contributed by atoms with E-state index in [1.54, 1.807) is 6.92 Å². The fourth-order valence-electron chi connectivity index (χ4n) is 6.70. The summed E-state index contributed by atoms with van der Waals surface area (Å²) in [5.74, 6) is -0.659. The highest BCUT2D eigenvalue weighted by Gasteiger charge is 2.67. The molecule has 6 atom stereocenters.